The Balaban J connectivity index is 1.16. The van der Waals surface area contributed by atoms with Crippen LogP contribution in [0.5, 0.6) is 0 Å². The summed E-state index contributed by atoms with van der Waals surface area (Å²) in [4.78, 5) is 44.5. The van der Waals surface area contributed by atoms with Crippen LogP contribution in [0.15, 0.2) is 111 Å². The highest BCUT2D eigenvalue weighted by Crippen LogP contribution is 2.28. The molecular formula is C29H22N4O4S3. The molecule has 8 nitrogen and oxygen atoms in total. The molecule has 200 valence electrons. The summed E-state index contributed by atoms with van der Waals surface area (Å²) < 4.78 is 5.32. The summed E-state index contributed by atoms with van der Waals surface area (Å²) in [6.45, 7) is 0. The molecule has 0 aliphatic heterocycles. The van der Waals surface area contributed by atoms with Gasteiger partial charge in [-0.15, -0.1) is 34.4 Å². The lowest BCUT2D eigenvalue weighted by Crippen LogP contribution is -2.30. The Morgan fingerprint density at radius 1 is 0.900 bits per heavy atom. The maximum Gasteiger partial charge on any atom is 0.272 e. The fraction of sp³-hybridized carbons (Fsp3) is 0.0345. The highest BCUT2D eigenvalue weighted by Gasteiger charge is 2.16. The first-order valence-corrected chi connectivity index (χ1v) is 14.7. The number of hydrogen-bond donors (Lipinski definition) is 3. The molecule has 0 aliphatic carbocycles. The first kappa shape index (κ1) is 27.1. The molecule has 2 aromatic carbocycles. The number of benzene rings is 2. The van der Waals surface area contributed by atoms with Crippen molar-refractivity contribution in [3.63, 3.8) is 0 Å². The molecule has 0 atom stereocenters. The van der Waals surface area contributed by atoms with E-state index < -0.39 is 11.8 Å². The van der Waals surface area contributed by atoms with Gasteiger partial charge in [0.05, 0.1) is 22.6 Å². The van der Waals surface area contributed by atoms with Gasteiger partial charge in [-0.2, -0.15) is 0 Å². The molecule has 40 heavy (non-hydrogen) atoms. The molecule has 11 heteroatoms. The van der Waals surface area contributed by atoms with E-state index in [9.17, 15) is 14.4 Å². The number of furan rings is 1. The largest absolute Gasteiger partial charge is 0.465 e. The maximum absolute atomic E-state index is 13.1. The van der Waals surface area contributed by atoms with Crippen molar-refractivity contribution in [3.8, 4) is 10.6 Å². The van der Waals surface area contributed by atoms with Crippen LogP contribution in [0.4, 0.5) is 10.8 Å². The van der Waals surface area contributed by atoms with Crippen LogP contribution in [0, 0.1) is 0 Å². The van der Waals surface area contributed by atoms with E-state index in [1.165, 1.54) is 35.4 Å². The Bertz CT molecular complexity index is 1610. The predicted octanol–water partition coefficient (Wildman–Crippen LogP) is 6.61. The summed E-state index contributed by atoms with van der Waals surface area (Å²) in [5.74, 6) is -0.452. The van der Waals surface area contributed by atoms with Crippen LogP contribution in [-0.2, 0) is 9.59 Å². The summed E-state index contributed by atoms with van der Waals surface area (Å²) in [6, 6.07) is 23.0. The monoisotopic (exact) mass is 586 g/mol. The Hall–Kier alpha value is -4.45. The van der Waals surface area contributed by atoms with Gasteiger partial charge in [0.25, 0.3) is 11.8 Å². The molecule has 5 aromatic rings. The average molecular weight is 587 g/mol. The molecule has 0 unspecified atom stereocenters. The molecule has 3 aromatic heterocycles. The van der Waals surface area contributed by atoms with Crippen molar-refractivity contribution >= 4 is 69.1 Å². The maximum atomic E-state index is 13.1. The summed E-state index contributed by atoms with van der Waals surface area (Å²) in [7, 11) is 0. The number of anilines is 2. The molecule has 0 aliphatic rings. The molecule has 0 saturated heterocycles. The minimum absolute atomic E-state index is 0.0309. The Morgan fingerprint density at radius 2 is 1.73 bits per heavy atom. The van der Waals surface area contributed by atoms with Gasteiger partial charge in [0.15, 0.2) is 5.13 Å². The van der Waals surface area contributed by atoms with E-state index >= 15 is 0 Å². The second-order valence-corrected chi connectivity index (χ2v) is 11.1. The van der Waals surface area contributed by atoms with E-state index in [2.05, 4.69) is 20.9 Å². The van der Waals surface area contributed by atoms with Crippen LogP contribution in [0.25, 0.3) is 16.6 Å². The number of carbonyl (C=O) groups excluding carboxylic acids is 3. The van der Waals surface area contributed by atoms with Gasteiger partial charge in [0, 0.05) is 27.6 Å². The topological polar surface area (TPSA) is 113 Å². The number of thiazole rings is 1. The standard InChI is InChI=1S/C29H22N4O4S3/c34-26(33-29-32-24(17-40-29)25-9-5-15-38-25)18-39-22-12-10-20(11-13-22)30-28(36)23(16-21-8-4-14-37-21)31-27(35)19-6-2-1-3-7-19/h1-17H,18H2,(H,30,36)(H,31,35)(H,32,33,34)/b23-16-. The summed E-state index contributed by atoms with van der Waals surface area (Å²) in [6.07, 6.45) is 2.95. The molecule has 5 rings (SSSR count). The van der Waals surface area contributed by atoms with Gasteiger partial charge in [-0.25, -0.2) is 4.98 Å². The molecular weight excluding hydrogens is 565 g/mol. The highest BCUT2D eigenvalue weighted by atomic mass is 32.2. The van der Waals surface area contributed by atoms with Gasteiger partial charge >= 0.3 is 0 Å². The van der Waals surface area contributed by atoms with Gasteiger partial charge < -0.3 is 20.4 Å². The number of nitrogens with zero attached hydrogens (tertiary/aromatic N) is 1. The zero-order valence-electron chi connectivity index (χ0n) is 20.8. The molecule has 0 radical (unpaired) electrons. The van der Waals surface area contributed by atoms with Gasteiger partial charge in [-0.05, 0) is 60.0 Å². The van der Waals surface area contributed by atoms with Gasteiger partial charge in [-0.3, -0.25) is 14.4 Å². The van der Waals surface area contributed by atoms with Crippen LogP contribution in [0.3, 0.4) is 0 Å². The fourth-order valence-corrected chi connectivity index (χ4v) is 5.65. The van der Waals surface area contributed by atoms with E-state index in [1.54, 1.807) is 65.9 Å². The number of thioether (sulfide) groups is 1. The van der Waals surface area contributed by atoms with E-state index in [0.717, 1.165) is 15.5 Å². The number of carbonyl (C=O) groups is 3. The number of thiophene rings is 1. The summed E-state index contributed by atoms with van der Waals surface area (Å²) in [5.41, 5.74) is 1.83. The number of hydrogen-bond acceptors (Lipinski definition) is 8. The van der Waals surface area contributed by atoms with Crippen LogP contribution < -0.4 is 16.0 Å². The van der Waals surface area contributed by atoms with Crippen molar-refractivity contribution in [3.05, 3.63) is 113 Å². The van der Waals surface area contributed by atoms with Crippen molar-refractivity contribution in [2.24, 2.45) is 0 Å². The van der Waals surface area contributed by atoms with Crippen LogP contribution in [0.1, 0.15) is 16.1 Å². The number of rotatable bonds is 10. The number of amides is 3. The molecule has 0 fully saturated rings. The Morgan fingerprint density at radius 3 is 2.45 bits per heavy atom. The van der Waals surface area contributed by atoms with Crippen LogP contribution >= 0.6 is 34.4 Å². The van der Waals surface area contributed by atoms with Crippen molar-refractivity contribution in [2.75, 3.05) is 16.4 Å². The predicted molar refractivity (Wildman–Crippen MR) is 160 cm³/mol. The molecule has 0 saturated carbocycles. The quantitative estimate of drug-likeness (QED) is 0.125. The van der Waals surface area contributed by atoms with Crippen molar-refractivity contribution in [1.29, 1.82) is 0 Å². The smallest absolute Gasteiger partial charge is 0.272 e. The van der Waals surface area contributed by atoms with Crippen LogP contribution in [-0.4, -0.2) is 28.5 Å². The minimum Gasteiger partial charge on any atom is -0.465 e. The van der Waals surface area contributed by atoms with Crippen LogP contribution in [0.2, 0.25) is 0 Å². The third kappa shape index (κ3) is 7.35. The molecule has 3 N–H and O–H groups in total. The first-order chi connectivity index (χ1) is 19.5. The lowest BCUT2D eigenvalue weighted by Gasteiger charge is -2.11. The highest BCUT2D eigenvalue weighted by molar-refractivity contribution is 8.00. The zero-order chi connectivity index (χ0) is 27.7. The van der Waals surface area contributed by atoms with E-state index in [4.69, 9.17) is 4.42 Å². The fourth-order valence-electron chi connectivity index (χ4n) is 3.46. The summed E-state index contributed by atoms with van der Waals surface area (Å²) in [5, 5.41) is 12.8. The minimum atomic E-state index is -0.508. The summed E-state index contributed by atoms with van der Waals surface area (Å²) >= 11 is 4.36. The lowest BCUT2D eigenvalue weighted by atomic mass is 10.2. The second kappa shape index (κ2) is 13.1. The number of nitrogens with one attached hydrogen (secondary N) is 3. The molecule has 3 amide bonds. The average Bonchev–Trinajstić information content (AvgIpc) is 3.76. The van der Waals surface area contributed by atoms with Crippen molar-refractivity contribution < 1.29 is 18.8 Å². The third-order valence-corrected chi connectivity index (χ3v) is 8.03. The zero-order valence-corrected chi connectivity index (χ0v) is 23.3. The molecule has 3 heterocycles. The van der Waals surface area contributed by atoms with E-state index in [0.29, 0.717) is 22.1 Å². The Kier molecular flexibility index (Phi) is 8.86. The SMILES string of the molecule is O=C(CSc1ccc(NC(=O)/C(=C/c2ccco2)NC(=O)c2ccccc2)cc1)Nc1nc(-c2cccs2)cs1. The molecule has 0 bridgehead atoms. The third-order valence-electron chi connectivity index (χ3n) is 5.36. The molecule has 0 spiro atoms. The van der Waals surface area contributed by atoms with Crippen molar-refractivity contribution in [1.82, 2.24) is 10.3 Å². The normalized spacial score (nSPS) is 11.2. The first-order valence-electron chi connectivity index (χ1n) is 12.0. The van der Waals surface area contributed by atoms with E-state index in [1.807, 2.05) is 35.0 Å². The van der Waals surface area contributed by atoms with Gasteiger partial charge in [-0.1, -0.05) is 24.3 Å². The number of aromatic nitrogens is 1. The van der Waals surface area contributed by atoms with Crippen molar-refractivity contribution in [2.45, 2.75) is 4.90 Å². The van der Waals surface area contributed by atoms with Gasteiger partial charge in [0.2, 0.25) is 5.91 Å². The van der Waals surface area contributed by atoms with Gasteiger partial charge in [0.1, 0.15) is 11.5 Å². The van der Waals surface area contributed by atoms with E-state index in [-0.39, 0.29) is 17.4 Å². The Labute approximate surface area is 242 Å². The lowest BCUT2D eigenvalue weighted by molar-refractivity contribution is -0.114. The second-order valence-electron chi connectivity index (χ2n) is 8.22.